The summed E-state index contributed by atoms with van der Waals surface area (Å²) in [4.78, 5) is 10.8. The molecule has 0 aliphatic rings. The standard InChI is InChI=1S/C10H12O2.C7H7NO/c1-12-10(11)8-7-9-5-3-2-4-6-9;8-5-6-1-3-7(9)4-2-6/h2-6H,7-8H2,1H3;1-5,8-9H. The lowest BCUT2D eigenvalue weighted by molar-refractivity contribution is -0.140. The summed E-state index contributed by atoms with van der Waals surface area (Å²) in [6.45, 7) is 0. The number of esters is 1. The Morgan fingerprint density at radius 3 is 2.29 bits per heavy atom. The van der Waals surface area contributed by atoms with Gasteiger partial charge < -0.3 is 15.3 Å². The van der Waals surface area contributed by atoms with E-state index in [4.69, 9.17) is 10.5 Å². The van der Waals surface area contributed by atoms with Crippen LogP contribution in [0.1, 0.15) is 17.5 Å². The Morgan fingerprint density at radius 1 is 1.14 bits per heavy atom. The van der Waals surface area contributed by atoms with Gasteiger partial charge in [-0.1, -0.05) is 30.3 Å². The maximum absolute atomic E-state index is 10.8. The van der Waals surface area contributed by atoms with E-state index in [9.17, 15) is 4.79 Å². The molecule has 4 nitrogen and oxygen atoms in total. The highest BCUT2D eigenvalue weighted by Gasteiger charge is 1.99. The van der Waals surface area contributed by atoms with Gasteiger partial charge in [-0.15, -0.1) is 0 Å². The number of carbonyl (C=O) groups excluding carboxylic acids is 1. The first kappa shape index (κ1) is 16.4. The van der Waals surface area contributed by atoms with Crippen LogP contribution in [0.2, 0.25) is 0 Å². The molecule has 0 spiro atoms. The number of nitrogens with one attached hydrogen (secondary N) is 1. The van der Waals surface area contributed by atoms with E-state index in [1.165, 1.54) is 18.9 Å². The first-order chi connectivity index (χ1) is 10.2. The average Bonchev–Trinajstić information content (AvgIpc) is 2.55. The Balaban J connectivity index is 0.000000219. The first-order valence-electron chi connectivity index (χ1n) is 6.56. The average molecular weight is 285 g/mol. The molecule has 21 heavy (non-hydrogen) atoms. The minimum atomic E-state index is -0.154. The summed E-state index contributed by atoms with van der Waals surface area (Å²) in [5.74, 6) is 0.0828. The second-order valence-corrected chi connectivity index (χ2v) is 4.30. The molecule has 2 aromatic carbocycles. The Labute approximate surface area is 124 Å². The Morgan fingerprint density at radius 2 is 1.76 bits per heavy atom. The van der Waals surface area contributed by atoms with Crippen molar-refractivity contribution in [1.29, 1.82) is 5.41 Å². The summed E-state index contributed by atoms with van der Waals surface area (Å²) in [6.07, 6.45) is 2.45. The van der Waals surface area contributed by atoms with E-state index in [0.717, 1.165) is 12.0 Å². The topological polar surface area (TPSA) is 70.4 Å². The molecule has 2 aromatic rings. The maximum Gasteiger partial charge on any atom is 0.305 e. The normalized spacial score (nSPS) is 9.19. The van der Waals surface area contributed by atoms with Crippen molar-refractivity contribution >= 4 is 12.2 Å². The summed E-state index contributed by atoms with van der Waals surface area (Å²) < 4.78 is 4.53. The predicted octanol–water partition coefficient (Wildman–Crippen LogP) is 3.18. The number of methoxy groups -OCH3 is 1. The summed E-state index contributed by atoms with van der Waals surface area (Å²) in [6, 6.07) is 16.4. The van der Waals surface area contributed by atoms with Crippen molar-refractivity contribution in [2.45, 2.75) is 12.8 Å². The molecule has 2 rings (SSSR count). The smallest absolute Gasteiger partial charge is 0.305 e. The number of ether oxygens (including phenoxy) is 1. The van der Waals surface area contributed by atoms with E-state index < -0.39 is 0 Å². The summed E-state index contributed by atoms with van der Waals surface area (Å²) >= 11 is 0. The third kappa shape index (κ3) is 6.92. The zero-order chi connectivity index (χ0) is 15.5. The van der Waals surface area contributed by atoms with Gasteiger partial charge in [0.1, 0.15) is 5.75 Å². The van der Waals surface area contributed by atoms with Crippen molar-refractivity contribution in [3.8, 4) is 5.75 Å². The minimum Gasteiger partial charge on any atom is -0.508 e. The molecule has 0 aromatic heterocycles. The second kappa shape index (κ2) is 9.31. The number of phenolic OH excluding ortho intramolecular Hbond substituents is 1. The van der Waals surface area contributed by atoms with Crippen molar-refractivity contribution in [2.24, 2.45) is 0 Å². The minimum absolute atomic E-state index is 0.154. The molecule has 4 heteroatoms. The van der Waals surface area contributed by atoms with Gasteiger partial charge in [-0.2, -0.15) is 0 Å². The van der Waals surface area contributed by atoms with Gasteiger partial charge in [0.05, 0.1) is 7.11 Å². The van der Waals surface area contributed by atoms with Gasteiger partial charge in [0.25, 0.3) is 0 Å². The lowest BCUT2D eigenvalue weighted by Crippen LogP contribution is -2.01. The Kier molecular flexibility index (Phi) is 7.29. The number of aryl methyl sites for hydroxylation is 1. The molecule has 0 saturated heterocycles. The van der Waals surface area contributed by atoms with Gasteiger partial charge in [0, 0.05) is 12.6 Å². The van der Waals surface area contributed by atoms with Crippen LogP contribution in [0.25, 0.3) is 0 Å². The van der Waals surface area contributed by atoms with Gasteiger partial charge in [-0.3, -0.25) is 4.79 Å². The van der Waals surface area contributed by atoms with Crippen LogP contribution < -0.4 is 0 Å². The van der Waals surface area contributed by atoms with Crippen LogP contribution in [0, 0.1) is 5.41 Å². The van der Waals surface area contributed by atoms with Crippen molar-refractivity contribution in [3.05, 3.63) is 65.7 Å². The van der Waals surface area contributed by atoms with Gasteiger partial charge in [0.15, 0.2) is 0 Å². The molecule has 0 aliphatic heterocycles. The number of hydrogen-bond donors (Lipinski definition) is 2. The molecular weight excluding hydrogens is 266 g/mol. The highest BCUT2D eigenvalue weighted by Crippen LogP contribution is 2.07. The highest BCUT2D eigenvalue weighted by molar-refractivity contribution is 5.76. The van der Waals surface area contributed by atoms with Crippen LogP contribution in [0.15, 0.2) is 54.6 Å². The molecule has 0 atom stereocenters. The number of benzene rings is 2. The van der Waals surface area contributed by atoms with E-state index in [-0.39, 0.29) is 11.7 Å². The second-order valence-electron chi connectivity index (χ2n) is 4.30. The Bertz CT molecular complexity index is 550. The number of rotatable bonds is 4. The zero-order valence-electron chi connectivity index (χ0n) is 12.0. The molecule has 0 unspecified atom stereocenters. The number of hydrogen-bond acceptors (Lipinski definition) is 4. The summed E-state index contributed by atoms with van der Waals surface area (Å²) in [5.41, 5.74) is 1.97. The fourth-order valence-corrected chi connectivity index (χ4v) is 1.56. The molecule has 0 radical (unpaired) electrons. The molecule has 0 aliphatic carbocycles. The van der Waals surface area contributed by atoms with E-state index in [0.29, 0.717) is 6.42 Å². The molecule has 0 fully saturated rings. The van der Waals surface area contributed by atoms with Gasteiger partial charge >= 0.3 is 5.97 Å². The SMILES string of the molecule is COC(=O)CCc1ccccc1.N=Cc1ccc(O)cc1. The van der Waals surface area contributed by atoms with Crippen LogP contribution in [-0.4, -0.2) is 24.4 Å². The lowest BCUT2D eigenvalue weighted by Gasteiger charge is -1.98. The van der Waals surface area contributed by atoms with Crippen molar-refractivity contribution < 1.29 is 14.6 Å². The molecule has 110 valence electrons. The molecular formula is C17H19NO3. The van der Waals surface area contributed by atoms with Gasteiger partial charge in [0.2, 0.25) is 0 Å². The molecule has 0 saturated carbocycles. The molecule has 2 N–H and O–H groups in total. The van der Waals surface area contributed by atoms with Gasteiger partial charge in [-0.05, 0) is 41.8 Å². The fraction of sp³-hybridized carbons (Fsp3) is 0.176. The number of aromatic hydroxyl groups is 1. The summed E-state index contributed by atoms with van der Waals surface area (Å²) in [5, 5.41) is 15.6. The number of phenols is 1. The largest absolute Gasteiger partial charge is 0.508 e. The van der Waals surface area contributed by atoms with Crippen LogP contribution in [-0.2, 0) is 16.0 Å². The van der Waals surface area contributed by atoms with Crippen LogP contribution in [0.5, 0.6) is 5.75 Å². The van der Waals surface area contributed by atoms with Crippen molar-refractivity contribution in [2.75, 3.05) is 7.11 Å². The molecule has 0 heterocycles. The van der Waals surface area contributed by atoms with Gasteiger partial charge in [-0.25, -0.2) is 0 Å². The van der Waals surface area contributed by atoms with E-state index >= 15 is 0 Å². The molecule has 0 bridgehead atoms. The Hall–Kier alpha value is -2.62. The van der Waals surface area contributed by atoms with E-state index in [2.05, 4.69) is 4.74 Å². The lowest BCUT2D eigenvalue weighted by atomic mass is 10.1. The maximum atomic E-state index is 10.8. The zero-order valence-corrected chi connectivity index (χ0v) is 12.0. The first-order valence-corrected chi connectivity index (χ1v) is 6.56. The van der Waals surface area contributed by atoms with Crippen molar-refractivity contribution in [3.63, 3.8) is 0 Å². The third-order valence-electron chi connectivity index (χ3n) is 2.75. The summed E-state index contributed by atoms with van der Waals surface area (Å²) in [7, 11) is 1.41. The monoisotopic (exact) mass is 285 g/mol. The third-order valence-corrected chi connectivity index (χ3v) is 2.75. The van der Waals surface area contributed by atoms with E-state index in [1.807, 2.05) is 30.3 Å². The van der Waals surface area contributed by atoms with E-state index in [1.54, 1.807) is 24.3 Å². The molecule has 0 amide bonds. The quantitative estimate of drug-likeness (QED) is 0.669. The van der Waals surface area contributed by atoms with Crippen LogP contribution >= 0.6 is 0 Å². The van der Waals surface area contributed by atoms with Crippen LogP contribution in [0.4, 0.5) is 0 Å². The number of carbonyl (C=O) groups is 1. The van der Waals surface area contributed by atoms with Crippen molar-refractivity contribution in [1.82, 2.24) is 0 Å². The fourth-order valence-electron chi connectivity index (χ4n) is 1.56. The predicted molar refractivity (Wildman–Crippen MR) is 82.8 cm³/mol. The van der Waals surface area contributed by atoms with Crippen LogP contribution in [0.3, 0.4) is 0 Å². The highest BCUT2D eigenvalue weighted by atomic mass is 16.5.